The highest BCUT2D eigenvalue weighted by Gasteiger charge is 2.34. The van der Waals surface area contributed by atoms with E-state index in [1.165, 1.54) is 0 Å². The molecule has 50 valence electrons. The minimum absolute atomic E-state index is 0.308. The molecule has 0 heterocycles. The van der Waals surface area contributed by atoms with Crippen LogP contribution in [0.25, 0.3) is 0 Å². The minimum atomic E-state index is 0.308. The van der Waals surface area contributed by atoms with Crippen LogP contribution in [0, 0.1) is 11.8 Å². The van der Waals surface area contributed by atoms with E-state index in [0.29, 0.717) is 17.6 Å². The summed E-state index contributed by atoms with van der Waals surface area (Å²) in [6, 6.07) is 0. The Kier molecular flexibility index (Phi) is 1.70. The summed E-state index contributed by atoms with van der Waals surface area (Å²) in [7, 11) is 0. The average Bonchev–Trinajstić information content (AvgIpc) is 1.84. The lowest BCUT2D eigenvalue weighted by molar-refractivity contribution is -0.133. The van der Waals surface area contributed by atoms with Crippen molar-refractivity contribution < 1.29 is 4.79 Å². The fourth-order valence-corrected chi connectivity index (χ4v) is 1.31. The van der Waals surface area contributed by atoms with Crippen LogP contribution < -0.4 is 0 Å². The Balaban J connectivity index is 2.39. The Morgan fingerprint density at radius 3 is 2.78 bits per heavy atom. The van der Waals surface area contributed by atoms with Gasteiger partial charge in [0.15, 0.2) is 0 Å². The topological polar surface area (TPSA) is 17.1 Å². The lowest BCUT2D eigenvalue weighted by Gasteiger charge is -2.30. The minimum Gasteiger partial charge on any atom is -0.299 e. The molecule has 0 saturated heterocycles. The number of hydrogen-bond donors (Lipinski definition) is 0. The van der Waals surface area contributed by atoms with E-state index in [1.54, 1.807) is 0 Å². The monoisotopic (exact) mass is 124 g/mol. The predicted octanol–water partition coefficient (Wildman–Crippen LogP) is 1.79. The summed E-state index contributed by atoms with van der Waals surface area (Å²) < 4.78 is 0. The van der Waals surface area contributed by atoms with Gasteiger partial charge in [-0.25, -0.2) is 0 Å². The van der Waals surface area contributed by atoms with E-state index in [-0.39, 0.29) is 0 Å². The Bertz CT molecular complexity index is 138. The van der Waals surface area contributed by atoms with Crippen LogP contribution in [0.1, 0.15) is 19.8 Å². The molecule has 0 spiro atoms. The molecular formula is C8H12O. The Labute approximate surface area is 55.8 Å². The van der Waals surface area contributed by atoms with E-state index in [4.69, 9.17) is 0 Å². The molecule has 1 nitrogen and oxygen atoms in total. The first kappa shape index (κ1) is 6.53. The largest absolute Gasteiger partial charge is 0.299 e. The van der Waals surface area contributed by atoms with Crippen LogP contribution in [0.5, 0.6) is 0 Å². The molecule has 0 aromatic carbocycles. The van der Waals surface area contributed by atoms with Gasteiger partial charge in [0.2, 0.25) is 0 Å². The number of carbonyl (C=O) groups excluding carboxylic acids is 1. The fraction of sp³-hybridized carbons (Fsp3) is 0.625. The van der Waals surface area contributed by atoms with Gasteiger partial charge in [0.1, 0.15) is 5.78 Å². The maximum Gasteiger partial charge on any atom is 0.136 e. The van der Waals surface area contributed by atoms with Gasteiger partial charge in [-0.1, -0.05) is 13.0 Å². The quantitative estimate of drug-likeness (QED) is 0.513. The molecule has 0 unspecified atom stereocenters. The molecule has 1 fully saturated rings. The van der Waals surface area contributed by atoms with Crippen LogP contribution in [0.3, 0.4) is 0 Å². The number of rotatable bonds is 2. The highest BCUT2D eigenvalue weighted by Crippen LogP contribution is 2.32. The molecule has 0 N–H and O–H groups in total. The van der Waals surface area contributed by atoms with Gasteiger partial charge >= 0.3 is 0 Å². The third kappa shape index (κ3) is 1.04. The first-order chi connectivity index (χ1) is 4.25. The van der Waals surface area contributed by atoms with E-state index < -0.39 is 0 Å². The van der Waals surface area contributed by atoms with Crippen LogP contribution in [0.4, 0.5) is 0 Å². The standard InChI is InChI=1S/C8H12O/c1-3-4-7-6(2)5-8(7)9/h3,6-7H,1,4-5H2,2H3/t6-,7+/m0/s1. The van der Waals surface area contributed by atoms with Crippen LogP contribution in [-0.2, 0) is 4.79 Å². The molecule has 0 aliphatic heterocycles. The van der Waals surface area contributed by atoms with Gasteiger partial charge in [-0.2, -0.15) is 0 Å². The van der Waals surface area contributed by atoms with Gasteiger partial charge < -0.3 is 0 Å². The highest BCUT2D eigenvalue weighted by atomic mass is 16.1. The van der Waals surface area contributed by atoms with Crippen molar-refractivity contribution in [3.8, 4) is 0 Å². The molecule has 2 atom stereocenters. The molecule has 9 heavy (non-hydrogen) atoms. The molecule has 0 aromatic heterocycles. The third-order valence-electron chi connectivity index (χ3n) is 2.04. The molecule has 1 heteroatoms. The normalized spacial score (nSPS) is 33.7. The van der Waals surface area contributed by atoms with Crippen LogP contribution in [-0.4, -0.2) is 5.78 Å². The van der Waals surface area contributed by atoms with Gasteiger partial charge in [0.05, 0.1) is 0 Å². The number of hydrogen-bond acceptors (Lipinski definition) is 1. The fourth-order valence-electron chi connectivity index (χ4n) is 1.31. The predicted molar refractivity (Wildman–Crippen MR) is 37.1 cm³/mol. The van der Waals surface area contributed by atoms with Crippen LogP contribution >= 0.6 is 0 Å². The van der Waals surface area contributed by atoms with Crippen molar-refractivity contribution >= 4 is 5.78 Å². The zero-order valence-corrected chi connectivity index (χ0v) is 5.76. The summed E-state index contributed by atoms with van der Waals surface area (Å²) in [5.41, 5.74) is 0. The van der Waals surface area contributed by atoms with Gasteiger partial charge in [0.25, 0.3) is 0 Å². The smallest absolute Gasteiger partial charge is 0.136 e. The van der Waals surface area contributed by atoms with Crippen LogP contribution in [0.15, 0.2) is 12.7 Å². The lowest BCUT2D eigenvalue weighted by atomic mass is 9.72. The van der Waals surface area contributed by atoms with Crippen molar-refractivity contribution in [3.63, 3.8) is 0 Å². The number of carbonyl (C=O) groups is 1. The van der Waals surface area contributed by atoms with Crippen molar-refractivity contribution in [3.05, 3.63) is 12.7 Å². The SMILES string of the molecule is C=CC[C@H]1C(=O)C[C@@H]1C. The van der Waals surface area contributed by atoms with E-state index in [2.05, 4.69) is 13.5 Å². The summed E-state index contributed by atoms with van der Waals surface area (Å²) >= 11 is 0. The molecule has 1 rings (SSSR count). The maximum atomic E-state index is 10.8. The zero-order chi connectivity index (χ0) is 6.85. The summed E-state index contributed by atoms with van der Waals surface area (Å²) in [6.07, 6.45) is 3.50. The van der Waals surface area contributed by atoms with Crippen molar-refractivity contribution in [2.75, 3.05) is 0 Å². The first-order valence-electron chi connectivity index (χ1n) is 3.39. The van der Waals surface area contributed by atoms with Gasteiger partial charge in [0, 0.05) is 12.3 Å². The highest BCUT2D eigenvalue weighted by molar-refractivity contribution is 5.87. The van der Waals surface area contributed by atoms with E-state index in [1.807, 2.05) is 6.08 Å². The number of allylic oxidation sites excluding steroid dienone is 1. The Morgan fingerprint density at radius 1 is 1.89 bits per heavy atom. The van der Waals surface area contributed by atoms with Gasteiger partial charge in [-0.05, 0) is 12.3 Å². The Hall–Kier alpha value is -0.590. The molecular weight excluding hydrogens is 112 g/mol. The summed E-state index contributed by atoms with van der Waals surface area (Å²) in [4.78, 5) is 10.8. The number of ketones is 1. The van der Waals surface area contributed by atoms with E-state index in [9.17, 15) is 4.79 Å². The number of Topliss-reactive ketones (excluding diaryl/α,β-unsaturated/α-hetero) is 1. The molecule has 1 saturated carbocycles. The second kappa shape index (κ2) is 2.34. The molecule has 0 aromatic rings. The average molecular weight is 124 g/mol. The van der Waals surface area contributed by atoms with E-state index in [0.717, 1.165) is 12.8 Å². The second-order valence-corrected chi connectivity index (χ2v) is 2.78. The van der Waals surface area contributed by atoms with E-state index >= 15 is 0 Å². The first-order valence-corrected chi connectivity index (χ1v) is 3.39. The molecule has 1 aliphatic carbocycles. The summed E-state index contributed by atoms with van der Waals surface area (Å²) in [6.45, 7) is 5.72. The van der Waals surface area contributed by atoms with Gasteiger partial charge in [-0.15, -0.1) is 6.58 Å². The third-order valence-corrected chi connectivity index (χ3v) is 2.04. The molecule has 0 bridgehead atoms. The molecule has 0 amide bonds. The van der Waals surface area contributed by atoms with Crippen LogP contribution in [0.2, 0.25) is 0 Å². The van der Waals surface area contributed by atoms with Crippen molar-refractivity contribution in [1.82, 2.24) is 0 Å². The van der Waals surface area contributed by atoms with Crippen molar-refractivity contribution in [1.29, 1.82) is 0 Å². The Morgan fingerprint density at radius 2 is 2.56 bits per heavy atom. The van der Waals surface area contributed by atoms with Crippen molar-refractivity contribution in [2.45, 2.75) is 19.8 Å². The molecule has 1 aliphatic rings. The van der Waals surface area contributed by atoms with Gasteiger partial charge in [-0.3, -0.25) is 4.79 Å². The summed E-state index contributed by atoms with van der Waals surface area (Å²) in [5.74, 6) is 1.33. The maximum absolute atomic E-state index is 10.8. The zero-order valence-electron chi connectivity index (χ0n) is 5.76. The lowest BCUT2D eigenvalue weighted by Crippen LogP contribution is -2.34. The van der Waals surface area contributed by atoms with Crippen molar-refractivity contribution in [2.24, 2.45) is 11.8 Å². The summed E-state index contributed by atoms with van der Waals surface area (Å²) in [5, 5.41) is 0. The second-order valence-electron chi connectivity index (χ2n) is 2.78. The molecule has 0 radical (unpaired) electrons.